The van der Waals surface area contributed by atoms with Gasteiger partial charge in [-0.15, -0.1) is 0 Å². The number of ether oxygens (including phenoxy) is 1. The van der Waals surface area contributed by atoms with Gasteiger partial charge < -0.3 is 15.4 Å². The Bertz CT molecular complexity index is 834. The number of nitrogens with one attached hydrogen (secondary N) is 2. The second-order valence-corrected chi connectivity index (χ2v) is 6.34. The first-order valence-corrected chi connectivity index (χ1v) is 8.28. The second-order valence-electron chi connectivity index (χ2n) is 5.93. The topological polar surface area (TPSA) is 80.3 Å². The first-order valence-electron chi connectivity index (χ1n) is 7.90. The summed E-state index contributed by atoms with van der Waals surface area (Å²) in [4.78, 5) is 28.6. The number of nitrogens with zero attached hydrogens (tertiary/aromatic N) is 1. The largest absolute Gasteiger partial charge is 0.495 e. The van der Waals surface area contributed by atoms with Gasteiger partial charge in [-0.3, -0.25) is 14.6 Å². The zero-order chi connectivity index (χ0) is 18.0. The summed E-state index contributed by atoms with van der Waals surface area (Å²) in [6, 6.07) is 6.64. The quantitative estimate of drug-likeness (QED) is 0.859. The van der Waals surface area contributed by atoms with Crippen LogP contribution in [-0.2, 0) is 0 Å². The van der Waals surface area contributed by atoms with Gasteiger partial charge in [0.15, 0.2) is 0 Å². The molecule has 6 nitrogen and oxygen atoms in total. The number of pyridine rings is 1. The standard InChI is InChI=1S/C18H18ClN3O3/c1-10-7-14(16(25-2)9-13(10)19)22-17(23)11-5-6-20-15(8-11)18(24)21-12-3-4-12/h5-9,12H,3-4H2,1-2H3,(H,21,24)(H,22,23). The van der Waals surface area contributed by atoms with Crippen molar-refractivity contribution in [3.05, 3.63) is 52.3 Å². The van der Waals surface area contributed by atoms with Crippen molar-refractivity contribution in [3.63, 3.8) is 0 Å². The minimum Gasteiger partial charge on any atom is -0.495 e. The van der Waals surface area contributed by atoms with Gasteiger partial charge in [0, 0.05) is 28.9 Å². The van der Waals surface area contributed by atoms with Crippen LogP contribution in [0.15, 0.2) is 30.5 Å². The van der Waals surface area contributed by atoms with Crippen LogP contribution in [0.4, 0.5) is 5.69 Å². The van der Waals surface area contributed by atoms with E-state index in [0.717, 1.165) is 18.4 Å². The monoisotopic (exact) mass is 359 g/mol. The fourth-order valence-corrected chi connectivity index (χ4v) is 2.46. The first-order chi connectivity index (χ1) is 12.0. The first kappa shape index (κ1) is 17.2. The lowest BCUT2D eigenvalue weighted by Gasteiger charge is -2.12. The van der Waals surface area contributed by atoms with Gasteiger partial charge in [-0.2, -0.15) is 0 Å². The highest BCUT2D eigenvalue weighted by atomic mass is 35.5. The maximum atomic E-state index is 12.5. The van der Waals surface area contributed by atoms with Crippen LogP contribution in [0.25, 0.3) is 0 Å². The molecule has 1 aromatic heterocycles. The van der Waals surface area contributed by atoms with Crippen molar-refractivity contribution in [3.8, 4) is 5.75 Å². The molecular weight excluding hydrogens is 342 g/mol. The van der Waals surface area contributed by atoms with Gasteiger partial charge in [-0.25, -0.2) is 0 Å². The minimum atomic E-state index is -0.358. The van der Waals surface area contributed by atoms with Crippen LogP contribution in [0.5, 0.6) is 5.75 Å². The number of aromatic nitrogens is 1. The van der Waals surface area contributed by atoms with Crippen LogP contribution < -0.4 is 15.4 Å². The summed E-state index contributed by atoms with van der Waals surface area (Å²) in [6.45, 7) is 1.84. The number of carbonyl (C=O) groups excluding carboxylic acids is 2. The fourth-order valence-electron chi connectivity index (χ4n) is 2.31. The molecule has 2 amide bonds. The minimum absolute atomic E-state index is 0.221. The molecule has 0 unspecified atom stereocenters. The van der Waals surface area contributed by atoms with Crippen molar-refractivity contribution in [1.82, 2.24) is 10.3 Å². The maximum Gasteiger partial charge on any atom is 0.270 e. The number of anilines is 1. The van der Waals surface area contributed by atoms with Gasteiger partial charge in [0.2, 0.25) is 0 Å². The van der Waals surface area contributed by atoms with Gasteiger partial charge >= 0.3 is 0 Å². The van der Waals surface area contributed by atoms with Gasteiger partial charge in [-0.1, -0.05) is 11.6 Å². The number of hydrogen-bond acceptors (Lipinski definition) is 4. The van der Waals surface area contributed by atoms with Crippen LogP contribution in [0.2, 0.25) is 5.02 Å². The molecule has 1 saturated carbocycles. The SMILES string of the molecule is COc1cc(Cl)c(C)cc1NC(=O)c1ccnc(C(=O)NC2CC2)c1. The predicted octanol–water partition coefficient (Wildman–Crippen LogP) is 3.20. The highest BCUT2D eigenvalue weighted by Crippen LogP contribution is 2.31. The summed E-state index contributed by atoms with van der Waals surface area (Å²) >= 11 is 6.07. The fraction of sp³-hybridized carbons (Fsp3) is 0.278. The summed E-state index contributed by atoms with van der Waals surface area (Å²) in [5, 5.41) is 6.19. The van der Waals surface area contributed by atoms with Crippen LogP contribution in [0.1, 0.15) is 39.3 Å². The molecule has 0 atom stereocenters. The number of hydrogen-bond donors (Lipinski definition) is 2. The van der Waals surface area contributed by atoms with Gasteiger partial charge in [-0.05, 0) is 43.5 Å². The van der Waals surface area contributed by atoms with Crippen LogP contribution in [0.3, 0.4) is 0 Å². The Labute approximate surface area is 150 Å². The number of methoxy groups -OCH3 is 1. The van der Waals surface area contributed by atoms with Crippen LogP contribution in [0, 0.1) is 6.92 Å². The van der Waals surface area contributed by atoms with E-state index < -0.39 is 0 Å². The Balaban J connectivity index is 1.79. The zero-order valence-electron chi connectivity index (χ0n) is 13.9. The lowest BCUT2D eigenvalue weighted by Crippen LogP contribution is -2.26. The highest BCUT2D eigenvalue weighted by Gasteiger charge is 2.24. The summed E-state index contributed by atoms with van der Waals surface area (Å²) in [6.07, 6.45) is 3.42. The van der Waals surface area contributed by atoms with Gasteiger partial charge in [0.25, 0.3) is 11.8 Å². The van der Waals surface area contributed by atoms with E-state index in [9.17, 15) is 9.59 Å². The average Bonchev–Trinajstić information content (AvgIpc) is 3.42. The number of halogens is 1. The van der Waals surface area contributed by atoms with E-state index in [1.807, 2.05) is 6.92 Å². The molecular formula is C18H18ClN3O3. The van der Waals surface area contributed by atoms with E-state index in [2.05, 4.69) is 15.6 Å². The molecule has 7 heteroatoms. The molecule has 25 heavy (non-hydrogen) atoms. The number of carbonyl (C=O) groups is 2. The highest BCUT2D eigenvalue weighted by molar-refractivity contribution is 6.31. The van der Waals surface area contributed by atoms with Crippen molar-refractivity contribution in [2.75, 3.05) is 12.4 Å². The third-order valence-electron chi connectivity index (χ3n) is 3.90. The zero-order valence-corrected chi connectivity index (χ0v) is 14.7. The van der Waals surface area contributed by atoms with Crippen LogP contribution in [-0.4, -0.2) is 29.9 Å². The third-order valence-corrected chi connectivity index (χ3v) is 4.30. The lowest BCUT2D eigenvalue weighted by molar-refractivity contribution is 0.0946. The Kier molecular flexibility index (Phi) is 4.90. The summed E-state index contributed by atoms with van der Waals surface area (Å²) in [7, 11) is 1.50. The van der Waals surface area contributed by atoms with Crippen molar-refractivity contribution in [2.45, 2.75) is 25.8 Å². The molecule has 130 valence electrons. The average molecular weight is 360 g/mol. The predicted molar refractivity (Wildman–Crippen MR) is 95.4 cm³/mol. The second kappa shape index (κ2) is 7.11. The van der Waals surface area contributed by atoms with E-state index in [1.165, 1.54) is 19.4 Å². The molecule has 3 rings (SSSR count). The summed E-state index contributed by atoms with van der Waals surface area (Å²) in [5.41, 5.74) is 1.89. The van der Waals surface area contributed by atoms with E-state index in [1.54, 1.807) is 18.2 Å². The molecule has 2 aromatic rings. The van der Waals surface area contributed by atoms with E-state index in [4.69, 9.17) is 16.3 Å². The molecule has 0 bridgehead atoms. The molecule has 1 heterocycles. The van der Waals surface area contributed by atoms with Crippen molar-refractivity contribution in [1.29, 1.82) is 0 Å². The van der Waals surface area contributed by atoms with Crippen molar-refractivity contribution in [2.24, 2.45) is 0 Å². The summed E-state index contributed by atoms with van der Waals surface area (Å²) < 4.78 is 5.25. The lowest BCUT2D eigenvalue weighted by atomic mass is 10.1. The molecule has 1 aliphatic rings. The smallest absolute Gasteiger partial charge is 0.270 e. The van der Waals surface area contributed by atoms with Crippen molar-refractivity contribution < 1.29 is 14.3 Å². The number of benzene rings is 1. The molecule has 1 fully saturated rings. The normalized spacial score (nSPS) is 13.2. The van der Waals surface area contributed by atoms with Crippen LogP contribution >= 0.6 is 11.6 Å². The van der Waals surface area contributed by atoms with Crippen molar-refractivity contribution >= 4 is 29.1 Å². The summed E-state index contributed by atoms with van der Waals surface area (Å²) in [5.74, 6) is -0.162. The molecule has 1 aliphatic carbocycles. The number of amides is 2. The maximum absolute atomic E-state index is 12.5. The Morgan fingerprint density at radius 2 is 2.00 bits per heavy atom. The molecule has 0 radical (unpaired) electrons. The molecule has 0 saturated heterocycles. The van der Waals surface area contributed by atoms with E-state index in [-0.39, 0.29) is 23.6 Å². The van der Waals surface area contributed by atoms with E-state index in [0.29, 0.717) is 22.0 Å². The van der Waals surface area contributed by atoms with Gasteiger partial charge in [0.1, 0.15) is 11.4 Å². The molecule has 1 aromatic carbocycles. The Hall–Kier alpha value is -2.60. The number of rotatable bonds is 5. The molecule has 0 spiro atoms. The Morgan fingerprint density at radius 3 is 2.68 bits per heavy atom. The number of aryl methyl sites for hydroxylation is 1. The molecule has 2 N–H and O–H groups in total. The molecule has 0 aliphatic heterocycles. The Morgan fingerprint density at radius 1 is 1.24 bits per heavy atom. The van der Waals surface area contributed by atoms with Gasteiger partial charge in [0.05, 0.1) is 12.8 Å². The van der Waals surface area contributed by atoms with E-state index >= 15 is 0 Å². The third kappa shape index (κ3) is 4.09.